The third-order valence-electron chi connectivity index (χ3n) is 5.19. The van der Waals surface area contributed by atoms with Gasteiger partial charge in [0.1, 0.15) is 5.82 Å². The molecule has 0 saturated heterocycles. The van der Waals surface area contributed by atoms with E-state index in [4.69, 9.17) is 4.98 Å². The van der Waals surface area contributed by atoms with E-state index in [1.165, 1.54) is 0 Å². The van der Waals surface area contributed by atoms with Gasteiger partial charge in [-0.25, -0.2) is 4.98 Å². The molecule has 3 aromatic carbocycles. The van der Waals surface area contributed by atoms with E-state index in [0.717, 1.165) is 24.9 Å². The highest BCUT2D eigenvalue weighted by molar-refractivity contribution is 14.1. The average Bonchev–Trinajstić information content (AvgIpc) is 3.04. The van der Waals surface area contributed by atoms with Crippen LogP contribution in [-0.4, -0.2) is 15.5 Å². The van der Waals surface area contributed by atoms with Crippen LogP contribution in [0.15, 0.2) is 69.9 Å². The lowest BCUT2D eigenvalue weighted by molar-refractivity contribution is -0.110. The number of rotatable bonds is 2. The molecule has 7 heteroatoms. The van der Waals surface area contributed by atoms with E-state index in [0.29, 0.717) is 28.0 Å². The van der Waals surface area contributed by atoms with Crippen molar-refractivity contribution in [3.05, 3.63) is 96.0 Å². The molecule has 0 spiro atoms. The first-order valence-corrected chi connectivity index (χ1v) is 11.4. The minimum Gasteiger partial charge on any atom is -0.321 e. The molecule has 4 aromatic rings. The normalized spacial score (nSPS) is 14.2. The van der Waals surface area contributed by atoms with Gasteiger partial charge in [0.25, 0.3) is 11.5 Å². The summed E-state index contributed by atoms with van der Waals surface area (Å²) in [5.74, 6) is 0.182. The van der Waals surface area contributed by atoms with E-state index in [2.05, 4.69) is 43.8 Å². The maximum atomic E-state index is 13.5. The van der Waals surface area contributed by atoms with Crippen molar-refractivity contribution >= 4 is 72.7 Å². The van der Waals surface area contributed by atoms with Crippen molar-refractivity contribution in [3.63, 3.8) is 0 Å². The lowest BCUT2D eigenvalue weighted by Gasteiger charge is -2.12. The number of carbonyl (C=O) groups is 1. The Kier molecular flexibility index (Phi) is 5.02. The topological polar surface area (TPSA) is 64.0 Å². The molecule has 0 radical (unpaired) electrons. The van der Waals surface area contributed by atoms with Crippen molar-refractivity contribution in [1.29, 1.82) is 0 Å². The first kappa shape index (κ1) is 20.1. The average molecular weight is 584 g/mol. The summed E-state index contributed by atoms with van der Waals surface area (Å²) in [5, 5.41) is 3.41. The van der Waals surface area contributed by atoms with Gasteiger partial charge in [-0.3, -0.25) is 14.2 Å². The standard InChI is InChI=1S/C24H15BrIN3O2/c1-13-2-6-16(7-3-13)29-22(27-21-9-5-15(26)11-19(21)24(29)31)12-18-17-10-14(25)4-8-20(17)28-23(18)30/h2-12H,1H3,(H,28,30)/b18-12-. The first-order chi connectivity index (χ1) is 14.9. The Bertz CT molecular complexity index is 1470. The number of amides is 1. The largest absolute Gasteiger partial charge is 0.321 e. The smallest absolute Gasteiger partial charge is 0.266 e. The highest BCUT2D eigenvalue weighted by Crippen LogP contribution is 2.35. The number of aromatic nitrogens is 2. The summed E-state index contributed by atoms with van der Waals surface area (Å²) >= 11 is 5.65. The molecule has 1 aromatic heterocycles. The Morgan fingerprint density at radius 1 is 1.03 bits per heavy atom. The Labute approximate surface area is 200 Å². The molecule has 0 aliphatic carbocycles. The molecular weight excluding hydrogens is 569 g/mol. The summed E-state index contributed by atoms with van der Waals surface area (Å²) in [5.41, 5.74) is 4.18. The first-order valence-electron chi connectivity index (χ1n) is 9.53. The number of nitrogens with one attached hydrogen (secondary N) is 1. The zero-order valence-corrected chi connectivity index (χ0v) is 20.1. The fourth-order valence-corrected chi connectivity index (χ4v) is 4.50. The van der Waals surface area contributed by atoms with E-state index in [9.17, 15) is 9.59 Å². The number of anilines is 1. The molecule has 0 unspecified atom stereocenters. The number of carbonyl (C=O) groups excluding carboxylic acids is 1. The fourth-order valence-electron chi connectivity index (χ4n) is 3.65. The quantitative estimate of drug-likeness (QED) is 0.248. The summed E-state index contributed by atoms with van der Waals surface area (Å²) in [6.07, 6.45) is 1.69. The van der Waals surface area contributed by atoms with Crippen molar-refractivity contribution in [3.8, 4) is 5.69 Å². The zero-order chi connectivity index (χ0) is 21.7. The van der Waals surface area contributed by atoms with Gasteiger partial charge in [-0.2, -0.15) is 0 Å². The van der Waals surface area contributed by atoms with Crippen molar-refractivity contribution in [2.24, 2.45) is 0 Å². The summed E-state index contributed by atoms with van der Waals surface area (Å²) in [6.45, 7) is 1.99. The van der Waals surface area contributed by atoms with Crippen LogP contribution in [0.4, 0.5) is 5.69 Å². The third-order valence-corrected chi connectivity index (χ3v) is 6.35. The van der Waals surface area contributed by atoms with Gasteiger partial charge < -0.3 is 5.32 Å². The monoisotopic (exact) mass is 583 g/mol. The molecule has 1 aliphatic rings. The number of fused-ring (bicyclic) bond motifs is 2. The summed E-state index contributed by atoms with van der Waals surface area (Å²) < 4.78 is 3.39. The highest BCUT2D eigenvalue weighted by Gasteiger charge is 2.25. The lowest BCUT2D eigenvalue weighted by atomic mass is 10.1. The summed E-state index contributed by atoms with van der Waals surface area (Å²) in [4.78, 5) is 31.0. The van der Waals surface area contributed by atoms with Gasteiger partial charge in [-0.05, 0) is 84.1 Å². The molecular formula is C24H15BrIN3O2. The number of aryl methyl sites for hydroxylation is 1. The highest BCUT2D eigenvalue weighted by atomic mass is 127. The zero-order valence-electron chi connectivity index (χ0n) is 16.3. The molecule has 0 saturated carbocycles. The number of benzene rings is 3. The van der Waals surface area contributed by atoms with Crippen LogP contribution in [0.5, 0.6) is 0 Å². The van der Waals surface area contributed by atoms with E-state index in [-0.39, 0.29) is 11.5 Å². The van der Waals surface area contributed by atoms with Crippen molar-refractivity contribution in [2.45, 2.75) is 6.92 Å². The maximum Gasteiger partial charge on any atom is 0.266 e. The second-order valence-corrected chi connectivity index (χ2v) is 9.47. The van der Waals surface area contributed by atoms with Crippen LogP contribution >= 0.6 is 38.5 Å². The Balaban J connectivity index is 1.82. The molecule has 0 atom stereocenters. The van der Waals surface area contributed by atoms with E-state index >= 15 is 0 Å². The predicted octanol–water partition coefficient (Wildman–Crippen LogP) is 5.55. The summed E-state index contributed by atoms with van der Waals surface area (Å²) in [7, 11) is 0. The van der Waals surface area contributed by atoms with E-state index in [1.807, 2.05) is 67.6 Å². The van der Waals surface area contributed by atoms with Crippen LogP contribution in [0.2, 0.25) is 0 Å². The van der Waals surface area contributed by atoms with Crippen LogP contribution < -0.4 is 10.9 Å². The minimum absolute atomic E-state index is 0.174. The molecule has 2 heterocycles. The second kappa shape index (κ2) is 7.72. The number of nitrogens with zero attached hydrogens (tertiary/aromatic N) is 2. The van der Waals surface area contributed by atoms with Crippen molar-refractivity contribution in [2.75, 3.05) is 5.32 Å². The van der Waals surface area contributed by atoms with E-state index < -0.39 is 0 Å². The molecule has 1 N–H and O–H groups in total. The Morgan fingerprint density at radius 3 is 2.58 bits per heavy atom. The van der Waals surface area contributed by atoms with Gasteiger partial charge in [0.15, 0.2) is 0 Å². The van der Waals surface area contributed by atoms with Gasteiger partial charge in [0.05, 0.1) is 22.2 Å². The van der Waals surface area contributed by atoms with Gasteiger partial charge >= 0.3 is 0 Å². The van der Waals surface area contributed by atoms with Gasteiger partial charge in [0, 0.05) is 19.3 Å². The Morgan fingerprint density at radius 2 is 1.81 bits per heavy atom. The molecule has 5 nitrogen and oxygen atoms in total. The van der Waals surface area contributed by atoms with Crippen LogP contribution in [0, 0.1) is 10.5 Å². The predicted molar refractivity (Wildman–Crippen MR) is 135 cm³/mol. The number of halogens is 2. The van der Waals surface area contributed by atoms with Crippen LogP contribution in [0.3, 0.4) is 0 Å². The second-order valence-electron chi connectivity index (χ2n) is 7.31. The molecule has 5 rings (SSSR count). The van der Waals surface area contributed by atoms with Gasteiger partial charge in [0.2, 0.25) is 0 Å². The van der Waals surface area contributed by atoms with Crippen LogP contribution in [0.1, 0.15) is 17.0 Å². The van der Waals surface area contributed by atoms with Crippen LogP contribution in [-0.2, 0) is 4.79 Å². The minimum atomic E-state index is -0.222. The van der Waals surface area contributed by atoms with Crippen LogP contribution in [0.25, 0.3) is 28.2 Å². The maximum absolute atomic E-state index is 13.5. The fraction of sp³-hybridized carbons (Fsp3) is 0.0417. The SMILES string of the molecule is Cc1ccc(-n2c(/C=C3\C(=O)Nc4ccc(Br)cc43)nc3ccc(I)cc3c2=O)cc1. The molecule has 0 bridgehead atoms. The van der Waals surface area contributed by atoms with Crippen molar-refractivity contribution < 1.29 is 4.79 Å². The lowest BCUT2D eigenvalue weighted by Crippen LogP contribution is -2.22. The molecule has 152 valence electrons. The third kappa shape index (κ3) is 3.61. The summed E-state index contributed by atoms with van der Waals surface area (Å²) in [6, 6.07) is 18.9. The molecule has 0 fully saturated rings. The van der Waals surface area contributed by atoms with Gasteiger partial charge in [-0.15, -0.1) is 0 Å². The molecule has 31 heavy (non-hydrogen) atoms. The molecule has 1 amide bonds. The van der Waals surface area contributed by atoms with Gasteiger partial charge in [-0.1, -0.05) is 33.6 Å². The number of hydrogen-bond donors (Lipinski definition) is 1. The van der Waals surface area contributed by atoms with E-state index in [1.54, 1.807) is 10.6 Å². The molecule has 1 aliphatic heterocycles. The Hall–Kier alpha value is -2.78. The number of hydrogen-bond acceptors (Lipinski definition) is 3. The van der Waals surface area contributed by atoms with Crippen molar-refractivity contribution in [1.82, 2.24) is 9.55 Å².